The Balaban J connectivity index is 1.89. The number of rotatable bonds is 5. The Morgan fingerprint density at radius 3 is 2.19 bits per heavy atom. The minimum atomic E-state index is -4.36. The van der Waals surface area contributed by atoms with Gasteiger partial charge in [0.05, 0.1) is 17.1 Å². The maximum absolute atomic E-state index is 12.7. The molecule has 26 heavy (non-hydrogen) atoms. The number of nitrogens with zero attached hydrogens (tertiary/aromatic N) is 2. The number of thioether (sulfide) groups is 1. The third-order valence-electron chi connectivity index (χ3n) is 3.70. The van der Waals surface area contributed by atoms with Crippen LogP contribution >= 0.6 is 35.0 Å². The summed E-state index contributed by atoms with van der Waals surface area (Å²) in [4.78, 5) is 4.69. The summed E-state index contributed by atoms with van der Waals surface area (Å²) >= 11 is 14.0. The third kappa shape index (κ3) is 4.55. The molecule has 0 fully saturated rings. The monoisotopic (exact) mass is 416 g/mol. The van der Waals surface area contributed by atoms with Crippen LogP contribution in [0.5, 0.6) is 0 Å². The van der Waals surface area contributed by atoms with Crippen molar-refractivity contribution in [2.24, 2.45) is 0 Å². The number of aromatic nitrogens is 2. The lowest BCUT2D eigenvalue weighted by Gasteiger charge is -2.23. The average Bonchev–Trinajstić information content (AvgIpc) is 3.14. The van der Waals surface area contributed by atoms with E-state index in [0.717, 1.165) is 17.7 Å². The van der Waals surface area contributed by atoms with Gasteiger partial charge in [0.25, 0.3) is 0 Å². The Morgan fingerprint density at radius 2 is 1.65 bits per heavy atom. The summed E-state index contributed by atoms with van der Waals surface area (Å²) in [6, 6.07) is 12.3. The van der Waals surface area contributed by atoms with Crippen LogP contribution in [-0.4, -0.2) is 9.55 Å². The molecule has 2 atom stereocenters. The minimum absolute atomic E-state index is 0.250. The molecule has 2 nitrogen and oxygen atoms in total. The van der Waals surface area contributed by atoms with Gasteiger partial charge in [0.2, 0.25) is 0 Å². The predicted molar refractivity (Wildman–Crippen MR) is 98.6 cm³/mol. The van der Waals surface area contributed by atoms with E-state index in [-0.39, 0.29) is 5.25 Å². The zero-order valence-electron chi connectivity index (χ0n) is 13.2. The highest BCUT2D eigenvalue weighted by atomic mass is 35.5. The van der Waals surface area contributed by atoms with Crippen molar-refractivity contribution in [3.8, 4) is 0 Å². The summed E-state index contributed by atoms with van der Waals surface area (Å²) in [5.41, 5.74) is -0.249. The first-order valence-electron chi connectivity index (χ1n) is 7.55. The van der Waals surface area contributed by atoms with Gasteiger partial charge >= 0.3 is 6.18 Å². The molecule has 1 heterocycles. The topological polar surface area (TPSA) is 17.8 Å². The summed E-state index contributed by atoms with van der Waals surface area (Å²) in [5, 5.41) is 0.348. The Kier molecular flexibility index (Phi) is 5.85. The second kappa shape index (κ2) is 7.94. The summed E-state index contributed by atoms with van der Waals surface area (Å²) < 4.78 is 40.0. The van der Waals surface area contributed by atoms with Gasteiger partial charge in [0.15, 0.2) is 0 Å². The molecule has 0 spiro atoms. The molecule has 0 saturated carbocycles. The molecule has 0 aliphatic carbocycles. The van der Waals surface area contributed by atoms with Gasteiger partial charge in [-0.05, 0) is 42.0 Å². The number of benzene rings is 2. The molecule has 136 valence electrons. The Morgan fingerprint density at radius 1 is 1.00 bits per heavy atom. The van der Waals surface area contributed by atoms with Crippen LogP contribution in [0, 0.1) is 0 Å². The first-order chi connectivity index (χ1) is 12.3. The molecule has 0 saturated heterocycles. The molecule has 0 bridgehead atoms. The fourth-order valence-corrected chi connectivity index (χ4v) is 4.05. The van der Waals surface area contributed by atoms with Crippen LogP contribution in [0.25, 0.3) is 0 Å². The molecular weight excluding hydrogens is 404 g/mol. The fourth-order valence-electron chi connectivity index (χ4n) is 2.38. The Bertz CT molecular complexity index is 834. The number of alkyl halides is 4. The highest BCUT2D eigenvalue weighted by Gasteiger charge is 2.30. The predicted octanol–water partition coefficient (Wildman–Crippen LogP) is 6.83. The van der Waals surface area contributed by atoms with Crippen molar-refractivity contribution >= 4 is 35.0 Å². The zero-order chi connectivity index (χ0) is 18.7. The SMILES string of the molecule is FC(F)(F)c1ccc(SC(c2ccc(Cl)cc2)C(Cl)n2ccnc2)cc1. The van der Waals surface area contributed by atoms with E-state index in [4.69, 9.17) is 23.2 Å². The van der Waals surface area contributed by atoms with Crippen LogP contribution in [-0.2, 0) is 6.18 Å². The number of hydrogen-bond donors (Lipinski definition) is 0. The number of halogens is 5. The molecule has 8 heteroatoms. The molecule has 0 aliphatic rings. The molecule has 0 amide bonds. The second-order valence-electron chi connectivity index (χ2n) is 5.49. The van der Waals surface area contributed by atoms with Crippen LogP contribution in [0.1, 0.15) is 21.9 Å². The summed E-state index contributed by atoms with van der Waals surface area (Å²) in [6.07, 6.45) is 0.615. The zero-order valence-corrected chi connectivity index (χ0v) is 15.5. The summed E-state index contributed by atoms with van der Waals surface area (Å²) in [5.74, 6) is 0. The molecule has 3 rings (SSSR count). The lowest BCUT2D eigenvalue weighted by Crippen LogP contribution is -2.09. The van der Waals surface area contributed by atoms with Gasteiger partial charge in [0.1, 0.15) is 5.50 Å². The van der Waals surface area contributed by atoms with Gasteiger partial charge < -0.3 is 4.57 Å². The Labute approximate surface area is 163 Å². The van der Waals surface area contributed by atoms with E-state index in [9.17, 15) is 13.2 Å². The van der Waals surface area contributed by atoms with Crippen molar-refractivity contribution in [2.75, 3.05) is 0 Å². The van der Waals surface area contributed by atoms with Crippen LogP contribution in [0.2, 0.25) is 5.02 Å². The van der Waals surface area contributed by atoms with Crippen molar-refractivity contribution in [1.82, 2.24) is 9.55 Å². The quantitative estimate of drug-likeness (QED) is 0.335. The molecule has 0 radical (unpaired) electrons. The Hall–Kier alpha value is -1.63. The molecule has 2 unspecified atom stereocenters. The van der Waals surface area contributed by atoms with E-state index < -0.39 is 17.2 Å². The van der Waals surface area contributed by atoms with Crippen molar-refractivity contribution < 1.29 is 13.2 Å². The van der Waals surface area contributed by atoms with E-state index in [1.165, 1.54) is 23.9 Å². The maximum Gasteiger partial charge on any atom is 0.416 e. The third-order valence-corrected chi connectivity index (χ3v) is 5.91. The summed E-state index contributed by atoms with van der Waals surface area (Å²) in [6.45, 7) is 0. The normalized spacial score (nSPS) is 14.2. The highest BCUT2D eigenvalue weighted by molar-refractivity contribution is 7.99. The van der Waals surface area contributed by atoms with Crippen LogP contribution in [0.3, 0.4) is 0 Å². The first kappa shape index (κ1) is 19.1. The van der Waals surface area contributed by atoms with E-state index in [2.05, 4.69) is 4.98 Å². The molecule has 0 aliphatic heterocycles. The van der Waals surface area contributed by atoms with Gasteiger partial charge in [-0.25, -0.2) is 4.98 Å². The summed E-state index contributed by atoms with van der Waals surface area (Å²) in [7, 11) is 0. The van der Waals surface area contributed by atoms with Crippen LogP contribution < -0.4 is 0 Å². The second-order valence-corrected chi connectivity index (χ2v) is 7.59. The number of hydrogen-bond acceptors (Lipinski definition) is 2. The maximum atomic E-state index is 12.7. The smallest absolute Gasteiger partial charge is 0.319 e. The molecule has 3 aromatic rings. The van der Waals surface area contributed by atoms with Crippen LogP contribution in [0.15, 0.2) is 72.1 Å². The minimum Gasteiger partial charge on any atom is -0.319 e. The lowest BCUT2D eigenvalue weighted by atomic mass is 10.1. The molecule has 1 aromatic heterocycles. The highest BCUT2D eigenvalue weighted by Crippen LogP contribution is 2.45. The number of imidazole rings is 1. The van der Waals surface area contributed by atoms with Gasteiger partial charge in [-0.2, -0.15) is 13.2 Å². The van der Waals surface area contributed by atoms with E-state index >= 15 is 0 Å². The van der Waals surface area contributed by atoms with Gasteiger partial charge in [-0.3, -0.25) is 0 Å². The van der Waals surface area contributed by atoms with Crippen molar-refractivity contribution in [1.29, 1.82) is 0 Å². The van der Waals surface area contributed by atoms with Crippen molar-refractivity contribution in [2.45, 2.75) is 21.8 Å². The van der Waals surface area contributed by atoms with Crippen molar-refractivity contribution in [3.05, 3.63) is 83.4 Å². The first-order valence-corrected chi connectivity index (χ1v) is 9.25. The van der Waals surface area contributed by atoms with E-state index in [0.29, 0.717) is 9.92 Å². The molecule has 0 N–H and O–H groups in total. The van der Waals surface area contributed by atoms with Gasteiger partial charge in [0, 0.05) is 22.3 Å². The largest absolute Gasteiger partial charge is 0.416 e. The fraction of sp³-hybridized carbons (Fsp3) is 0.167. The van der Waals surface area contributed by atoms with Crippen LogP contribution in [0.4, 0.5) is 13.2 Å². The van der Waals surface area contributed by atoms with E-state index in [1.54, 1.807) is 35.4 Å². The van der Waals surface area contributed by atoms with Gasteiger partial charge in [-0.1, -0.05) is 35.3 Å². The molecular formula is C18H13Cl2F3N2S. The van der Waals surface area contributed by atoms with Crippen molar-refractivity contribution in [3.63, 3.8) is 0 Å². The average molecular weight is 417 g/mol. The van der Waals surface area contributed by atoms with E-state index in [1.807, 2.05) is 12.1 Å². The standard InChI is InChI=1S/C18H13Cl2F3N2S/c19-14-5-1-12(2-6-14)16(17(20)25-10-9-24-11-25)26-15-7-3-13(4-8-15)18(21,22)23/h1-11,16-17H. The lowest BCUT2D eigenvalue weighted by molar-refractivity contribution is -0.137. The van der Waals surface area contributed by atoms with Gasteiger partial charge in [-0.15, -0.1) is 11.8 Å². The molecule has 2 aromatic carbocycles.